The number of amides is 2. The molecular formula is C34H32N4O2. The number of benzene rings is 4. The average molecular weight is 529 g/mol. The zero-order valence-corrected chi connectivity index (χ0v) is 22.4. The van der Waals surface area contributed by atoms with Crippen molar-refractivity contribution in [3.05, 3.63) is 120 Å². The van der Waals surface area contributed by atoms with E-state index in [2.05, 4.69) is 35.6 Å². The van der Waals surface area contributed by atoms with Gasteiger partial charge in [0.15, 0.2) is 0 Å². The number of nitrogens with zero attached hydrogens (tertiary/aromatic N) is 3. The number of imidazole rings is 1. The summed E-state index contributed by atoms with van der Waals surface area (Å²) in [5.41, 5.74) is 7.27. The van der Waals surface area contributed by atoms with E-state index in [4.69, 9.17) is 4.98 Å². The summed E-state index contributed by atoms with van der Waals surface area (Å²) < 4.78 is 2.00. The summed E-state index contributed by atoms with van der Waals surface area (Å²) in [5.74, 6) is 0.822. The van der Waals surface area contributed by atoms with E-state index < -0.39 is 0 Å². The molecule has 1 aliphatic heterocycles. The van der Waals surface area contributed by atoms with Crippen LogP contribution in [-0.2, 0) is 35.4 Å². The Labute approximate surface area is 234 Å². The van der Waals surface area contributed by atoms with E-state index in [-0.39, 0.29) is 18.4 Å². The van der Waals surface area contributed by atoms with Gasteiger partial charge in [0.05, 0.1) is 17.5 Å². The number of para-hydroxylation sites is 3. The van der Waals surface area contributed by atoms with E-state index in [1.807, 2.05) is 82.3 Å². The van der Waals surface area contributed by atoms with Crippen molar-refractivity contribution in [3.8, 4) is 11.1 Å². The monoisotopic (exact) mass is 528 g/mol. The molecule has 0 fully saturated rings. The molecule has 6 heteroatoms. The largest absolute Gasteiger partial charge is 0.355 e. The van der Waals surface area contributed by atoms with Gasteiger partial charge in [-0.2, -0.15) is 0 Å². The normalized spacial score (nSPS) is 12.8. The van der Waals surface area contributed by atoms with Crippen LogP contribution in [0, 0.1) is 0 Å². The van der Waals surface area contributed by atoms with Crippen LogP contribution in [-0.4, -0.2) is 34.5 Å². The van der Waals surface area contributed by atoms with Gasteiger partial charge in [0.2, 0.25) is 11.8 Å². The molecule has 1 aliphatic rings. The third-order valence-corrected chi connectivity index (χ3v) is 7.53. The lowest BCUT2D eigenvalue weighted by Crippen LogP contribution is -2.38. The van der Waals surface area contributed by atoms with E-state index in [1.54, 1.807) is 0 Å². The van der Waals surface area contributed by atoms with Gasteiger partial charge in [-0.15, -0.1) is 0 Å². The van der Waals surface area contributed by atoms with Crippen LogP contribution in [0.5, 0.6) is 0 Å². The Hall–Kier alpha value is -4.71. The van der Waals surface area contributed by atoms with Gasteiger partial charge < -0.3 is 14.8 Å². The lowest BCUT2D eigenvalue weighted by Gasteiger charge is -2.29. The molecule has 2 amide bonds. The van der Waals surface area contributed by atoms with Crippen molar-refractivity contribution in [3.63, 3.8) is 0 Å². The Kier molecular flexibility index (Phi) is 7.40. The minimum absolute atomic E-state index is 0.0314. The molecule has 6 rings (SSSR count). The zero-order valence-electron chi connectivity index (χ0n) is 22.4. The molecule has 0 atom stereocenters. The van der Waals surface area contributed by atoms with Crippen molar-refractivity contribution in [2.45, 2.75) is 32.2 Å². The molecule has 0 saturated heterocycles. The van der Waals surface area contributed by atoms with Crippen molar-refractivity contribution >= 4 is 28.5 Å². The molecule has 0 spiro atoms. The van der Waals surface area contributed by atoms with Gasteiger partial charge in [0.1, 0.15) is 12.4 Å². The van der Waals surface area contributed by atoms with Gasteiger partial charge >= 0.3 is 0 Å². The summed E-state index contributed by atoms with van der Waals surface area (Å²) in [6.45, 7) is 1.39. The molecule has 0 radical (unpaired) electrons. The molecule has 4 aromatic carbocycles. The second kappa shape index (κ2) is 11.6. The number of aryl methyl sites for hydroxylation is 1. The second-order valence-corrected chi connectivity index (χ2v) is 10.2. The molecule has 2 heterocycles. The molecule has 200 valence electrons. The lowest BCUT2D eigenvalue weighted by atomic mass is 10.0. The highest BCUT2D eigenvalue weighted by Gasteiger charge is 2.24. The van der Waals surface area contributed by atoms with Gasteiger partial charge in [-0.3, -0.25) is 9.59 Å². The Balaban J connectivity index is 1.11. The third kappa shape index (κ3) is 5.52. The predicted octanol–water partition coefficient (Wildman–Crippen LogP) is 5.58. The number of hydrogen-bond acceptors (Lipinski definition) is 3. The van der Waals surface area contributed by atoms with Crippen molar-refractivity contribution in [2.75, 3.05) is 18.0 Å². The van der Waals surface area contributed by atoms with E-state index in [1.165, 1.54) is 5.56 Å². The third-order valence-electron chi connectivity index (χ3n) is 7.53. The number of rotatable bonds is 8. The maximum absolute atomic E-state index is 13.5. The highest BCUT2D eigenvalue weighted by atomic mass is 16.2. The van der Waals surface area contributed by atoms with Crippen LogP contribution in [0.15, 0.2) is 103 Å². The summed E-state index contributed by atoms with van der Waals surface area (Å²) in [6, 6.07) is 34.4. The summed E-state index contributed by atoms with van der Waals surface area (Å²) in [4.78, 5) is 33.0. The molecule has 0 saturated carbocycles. The molecule has 1 aromatic heterocycles. The summed E-state index contributed by atoms with van der Waals surface area (Å²) in [5, 5.41) is 3.04. The number of carbonyl (C=O) groups excluding carboxylic acids is 2. The highest BCUT2D eigenvalue weighted by molar-refractivity contribution is 5.95. The first-order valence-electron chi connectivity index (χ1n) is 13.9. The molecule has 0 unspecified atom stereocenters. The van der Waals surface area contributed by atoms with Crippen LogP contribution in [0.4, 0.5) is 5.69 Å². The van der Waals surface area contributed by atoms with Crippen molar-refractivity contribution in [1.29, 1.82) is 0 Å². The zero-order chi connectivity index (χ0) is 27.3. The quantitative estimate of drug-likeness (QED) is 0.286. The fourth-order valence-corrected chi connectivity index (χ4v) is 5.51. The first-order chi connectivity index (χ1) is 19.7. The number of carbonyl (C=O) groups is 2. The first-order valence-corrected chi connectivity index (χ1v) is 13.9. The van der Waals surface area contributed by atoms with Crippen LogP contribution in [0.1, 0.15) is 23.4 Å². The first kappa shape index (κ1) is 25.6. The lowest BCUT2D eigenvalue weighted by molar-refractivity contribution is -0.120. The summed E-state index contributed by atoms with van der Waals surface area (Å²) in [7, 11) is 0. The minimum atomic E-state index is -0.0314. The van der Waals surface area contributed by atoms with Crippen LogP contribution >= 0.6 is 0 Å². The Morgan fingerprint density at radius 1 is 0.800 bits per heavy atom. The smallest absolute Gasteiger partial charge is 0.246 e. The molecule has 5 aromatic rings. The van der Waals surface area contributed by atoms with Crippen molar-refractivity contribution < 1.29 is 9.59 Å². The van der Waals surface area contributed by atoms with E-state index in [9.17, 15) is 9.59 Å². The topological polar surface area (TPSA) is 67.2 Å². The van der Waals surface area contributed by atoms with Crippen molar-refractivity contribution in [2.24, 2.45) is 0 Å². The van der Waals surface area contributed by atoms with E-state index in [0.29, 0.717) is 19.4 Å². The average Bonchev–Trinajstić information content (AvgIpc) is 3.34. The molecule has 40 heavy (non-hydrogen) atoms. The Bertz CT molecular complexity index is 1640. The number of hydrogen-bond donors (Lipinski definition) is 1. The Morgan fingerprint density at radius 2 is 1.52 bits per heavy atom. The minimum Gasteiger partial charge on any atom is -0.355 e. The summed E-state index contributed by atoms with van der Waals surface area (Å²) >= 11 is 0. The van der Waals surface area contributed by atoms with Crippen LogP contribution < -0.4 is 10.2 Å². The van der Waals surface area contributed by atoms with Gasteiger partial charge in [0, 0.05) is 25.2 Å². The molecule has 0 bridgehead atoms. The number of aromatic nitrogens is 2. The maximum atomic E-state index is 13.5. The summed E-state index contributed by atoms with van der Waals surface area (Å²) in [6.07, 6.45) is 2.81. The van der Waals surface area contributed by atoms with Gasteiger partial charge in [0.25, 0.3) is 0 Å². The number of fused-ring (bicyclic) bond motifs is 2. The molecule has 6 nitrogen and oxygen atoms in total. The Morgan fingerprint density at radius 3 is 2.38 bits per heavy atom. The van der Waals surface area contributed by atoms with Gasteiger partial charge in [-0.1, -0.05) is 84.9 Å². The SMILES string of the molecule is O=C(Cc1ccc(-c2ccccc2)cc1)NCCc1nc2ccccc2n1CC(=O)N1CCCc2ccccc21. The molecule has 1 N–H and O–H groups in total. The highest BCUT2D eigenvalue weighted by Crippen LogP contribution is 2.27. The van der Waals surface area contributed by atoms with Gasteiger partial charge in [-0.05, 0) is 53.3 Å². The fourth-order valence-electron chi connectivity index (χ4n) is 5.51. The maximum Gasteiger partial charge on any atom is 0.246 e. The van der Waals surface area contributed by atoms with Crippen molar-refractivity contribution in [1.82, 2.24) is 14.9 Å². The number of nitrogens with one attached hydrogen (secondary N) is 1. The second-order valence-electron chi connectivity index (χ2n) is 10.2. The number of anilines is 1. The standard InChI is InChI=1S/C34H32N4O2/c39-33(23-25-16-18-27(19-17-25)26-9-2-1-3-10-26)35-21-20-32-36-29-13-5-7-15-31(29)38(32)24-34(40)37-22-8-12-28-11-4-6-14-30(28)37/h1-7,9-11,13-19H,8,12,20-24H2,(H,35,39). The van der Waals surface area contributed by atoms with E-state index >= 15 is 0 Å². The predicted molar refractivity (Wildman–Crippen MR) is 159 cm³/mol. The van der Waals surface area contributed by atoms with Crippen LogP contribution in [0.25, 0.3) is 22.2 Å². The molecular weight excluding hydrogens is 496 g/mol. The van der Waals surface area contributed by atoms with E-state index in [0.717, 1.165) is 58.6 Å². The van der Waals surface area contributed by atoms with Crippen LogP contribution in [0.2, 0.25) is 0 Å². The fraction of sp³-hybridized carbons (Fsp3) is 0.206. The van der Waals surface area contributed by atoms with Gasteiger partial charge in [-0.25, -0.2) is 4.98 Å². The molecule has 0 aliphatic carbocycles. The van der Waals surface area contributed by atoms with Crippen LogP contribution in [0.3, 0.4) is 0 Å².